The zero-order valence-electron chi connectivity index (χ0n) is 11.5. The van der Waals surface area contributed by atoms with Crippen molar-refractivity contribution in [1.82, 2.24) is 4.72 Å². The summed E-state index contributed by atoms with van der Waals surface area (Å²) >= 11 is 0. The highest BCUT2D eigenvalue weighted by molar-refractivity contribution is 7.91. The van der Waals surface area contributed by atoms with Gasteiger partial charge in [-0.1, -0.05) is 0 Å². The van der Waals surface area contributed by atoms with Crippen LogP contribution in [-0.4, -0.2) is 34.9 Å². The number of hydrogen-bond acceptors (Lipinski definition) is 4. The molecule has 1 aromatic rings. The zero-order valence-corrected chi connectivity index (χ0v) is 13.1. The van der Waals surface area contributed by atoms with E-state index in [0.717, 1.165) is 12.1 Å². The first-order valence-electron chi connectivity index (χ1n) is 6.74. The molecule has 0 aliphatic carbocycles. The van der Waals surface area contributed by atoms with Crippen LogP contribution in [0.15, 0.2) is 29.2 Å². The van der Waals surface area contributed by atoms with Crippen molar-refractivity contribution in [3.63, 3.8) is 0 Å². The van der Waals surface area contributed by atoms with Gasteiger partial charge in [0.15, 0.2) is 9.84 Å². The third kappa shape index (κ3) is 4.76. The van der Waals surface area contributed by atoms with Gasteiger partial charge in [0, 0.05) is 6.54 Å². The second kappa shape index (κ2) is 6.41. The van der Waals surface area contributed by atoms with Gasteiger partial charge in [0.05, 0.1) is 16.4 Å². The molecular weight excluding hydrogens is 317 g/mol. The van der Waals surface area contributed by atoms with Crippen LogP contribution < -0.4 is 4.72 Å². The van der Waals surface area contributed by atoms with Crippen LogP contribution >= 0.6 is 0 Å². The minimum atomic E-state index is -3.63. The third-order valence-corrected chi connectivity index (χ3v) is 6.85. The Bertz CT molecular complexity index is 683. The third-order valence-electron chi connectivity index (χ3n) is 3.53. The molecule has 0 bridgehead atoms. The summed E-state index contributed by atoms with van der Waals surface area (Å²) in [6.45, 7) is 0.246. The van der Waals surface area contributed by atoms with Gasteiger partial charge in [-0.05, 0) is 49.4 Å². The van der Waals surface area contributed by atoms with Crippen LogP contribution in [0, 0.1) is 11.7 Å². The van der Waals surface area contributed by atoms with Gasteiger partial charge in [-0.2, -0.15) is 0 Å². The Hall–Kier alpha value is -0.990. The molecule has 1 atom stereocenters. The summed E-state index contributed by atoms with van der Waals surface area (Å²) in [6, 6.07) is 4.61. The average molecular weight is 335 g/mol. The largest absolute Gasteiger partial charge is 0.240 e. The number of sulfone groups is 1. The van der Waals surface area contributed by atoms with Crippen molar-refractivity contribution in [2.75, 3.05) is 18.1 Å². The molecule has 8 heteroatoms. The van der Waals surface area contributed by atoms with Gasteiger partial charge in [-0.3, -0.25) is 0 Å². The predicted molar refractivity (Wildman–Crippen MR) is 77.6 cm³/mol. The zero-order chi connectivity index (χ0) is 15.5. The van der Waals surface area contributed by atoms with Gasteiger partial charge in [0.2, 0.25) is 10.0 Å². The van der Waals surface area contributed by atoms with E-state index in [1.807, 2.05) is 0 Å². The fourth-order valence-corrected chi connectivity index (χ4v) is 5.38. The highest BCUT2D eigenvalue weighted by atomic mass is 32.2. The topological polar surface area (TPSA) is 80.3 Å². The Morgan fingerprint density at radius 3 is 2.48 bits per heavy atom. The Morgan fingerprint density at radius 2 is 1.90 bits per heavy atom. The molecule has 1 aromatic carbocycles. The maximum absolute atomic E-state index is 12.8. The molecule has 0 saturated carbocycles. The summed E-state index contributed by atoms with van der Waals surface area (Å²) in [5.74, 6) is 0.0816. The van der Waals surface area contributed by atoms with E-state index >= 15 is 0 Å². The Balaban J connectivity index is 1.79. The summed E-state index contributed by atoms with van der Waals surface area (Å²) < 4.78 is 61.6. The average Bonchev–Trinajstić information content (AvgIpc) is 2.75. The first-order chi connectivity index (χ1) is 9.78. The lowest BCUT2D eigenvalue weighted by molar-refractivity contribution is 0.512. The number of nitrogens with one attached hydrogen (secondary N) is 1. The van der Waals surface area contributed by atoms with Crippen molar-refractivity contribution in [3.8, 4) is 0 Å². The fraction of sp³-hybridized carbons (Fsp3) is 0.538. The fourth-order valence-electron chi connectivity index (χ4n) is 2.39. The summed E-state index contributed by atoms with van der Waals surface area (Å²) in [4.78, 5) is 0.0207. The van der Waals surface area contributed by atoms with Crippen LogP contribution in [0.2, 0.25) is 0 Å². The minimum Gasteiger partial charge on any atom is -0.229 e. The molecule has 21 heavy (non-hydrogen) atoms. The Labute approximate surface area is 124 Å². The quantitative estimate of drug-likeness (QED) is 0.795. The maximum atomic E-state index is 12.8. The number of benzene rings is 1. The van der Waals surface area contributed by atoms with Gasteiger partial charge in [-0.25, -0.2) is 25.9 Å². The van der Waals surface area contributed by atoms with Crippen molar-refractivity contribution in [2.24, 2.45) is 5.92 Å². The van der Waals surface area contributed by atoms with Gasteiger partial charge in [0.1, 0.15) is 5.82 Å². The molecular formula is C13H18FNO4S2. The smallest absolute Gasteiger partial charge is 0.229 e. The molecule has 0 amide bonds. The Kier molecular flexibility index (Phi) is 5.00. The standard InChI is InChI=1S/C13H18FNO4S2/c14-12-3-5-13(6-4-12)21(18,19)15-8-1-2-11-7-9-20(16,17)10-11/h3-6,11,15H,1-2,7-10H2. The van der Waals surface area contributed by atoms with E-state index in [9.17, 15) is 21.2 Å². The molecule has 1 N–H and O–H groups in total. The molecule has 1 aliphatic heterocycles. The van der Waals surface area contributed by atoms with Crippen LogP contribution in [0.1, 0.15) is 19.3 Å². The molecule has 1 unspecified atom stereocenters. The summed E-state index contributed by atoms with van der Waals surface area (Å²) in [6.07, 6.45) is 1.93. The van der Waals surface area contributed by atoms with E-state index in [4.69, 9.17) is 0 Å². The number of halogens is 1. The van der Waals surface area contributed by atoms with Gasteiger partial charge in [0.25, 0.3) is 0 Å². The normalized spacial score (nSPS) is 21.5. The first-order valence-corrected chi connectivity index (χ1v) is 10.0. The molecule has 2 rings (SSSR count). The highest BCUT2D eigenvalue weighted by Gasteiger charge is 2.27. The Morgan fingerprint density at radius 1 is 1.24 bits per heavy atom. The van der Waals surface area contributed by atoms with E-state index in [1.54, 1.807) is 0 Å². The SMILES string of the molecule is O=S1(=O)CCC(CCCNS(=O)(=O)c2ccc(F)cc2)C1. The van der Waals surface area contributed by atoms with E-state index in [-0.39, 0.29) is 28.9 Å². The monoisotopic (exact) mass is 335 g/mol. The summed E-state index contributed by atoms with van der Waals surface area (Å²) in [5.41, 5.74) is 0. The lowest BCUT2D eigenvalue weighted by Gasteiger charge is -2.09. The molecule has 5 nitrogen and oxygen atoms in total. The van der Waals surface area contributed by atoms with Gasteiger partial charge >= 0.3 is 0 Å². The lowest BCUT2D eigenvalue weighted by Crippen LogP contribution is -2.25. The predicted octanol–water partition coefficient (Wildman–Crippen LogP) is 1.32. The number of sulfonamides is 1. The van der Waals surface area contributed by atoms with E-state index in [2.05, 4.69) is 4.72 Å². The molecule has 0 radical (unpaired) electrons. The van der Waals surface area contributed by atoms with Crippen LogP contribution in [0.25, 0.3) is 0 Å². The first kappa shape index (κ1) is 16.4. The number of rotatable bonds is 6. The van der Waals surface area contributed by atoms with Crippen molar-refractivity contribution >= 4 is 19.9 Å². The molecule has 1 saturated heterocycles. The van der Waals surface area contributed by atoms with Crippen LogP contribution in [0.5, 0.6) is 0 Å². The van der Waals surface area contributed by atoms with Crippen LogP contribution in [0.4, 0.5) is 4.39 Å². The van der Waals surface area contributed by atoms with E-state index < -0.39 is 25.7 Å². The molecule has 1 fully saturated rings. The van der Waals surface area contributed by atoms with Crippen molar-refractivity contribution < 1.29 is 21.2 Å². The molecule has 1 heterocycles. The summed E-state index contributed by atoms with van der Waals surface area (Å²) in [5, 5.41) is 0. The van der Waals surface area contributed by atoms with E-state index in [1.165, 1.54) is 12.1 Å². The minimum absolute atomic E-state index is 0.0207. The van der Waals surface area contributed by atoms with Crippen LogP contribution in [-0.2, 0) is 19.9 Å². The van der Waals surface area contributed by atoms with Crippen molar-refractivity contribution in [2.45, 2.75) is 24.2 Å². The van der Waals surface area contributed by atoms with Crippen LogP contribution in [0.3, 0.4) is 0 Å². The second-order valence-electron chi connectivity index (χ2n) is 5.26. The molecule has 0 aromatic heterocycles. The van der Waals surface area contributed by atoms with Gasteiger partial charge in [-0.15, -0.1) is 0 Å². The molecule has 1 aliphatic rings. The lowest BCUT2D eigenvalue weighted by atomic mass is 10.0. The van der Waals surface area contributed by atoms with E-state index in [0.29, 0.717) is 19.3 Å². The second-order valence-corrected chi connectivity index (χ2v) is 9.26. The maximum Gasteiger partial charge on any atom is 0.240 e. The van der Waals surface area contributed by atoms with Crippen molar-refractivity contribution in [1.29, 1.82) is 0 Å². The van der Waals surface area contributed by atoms with Gasteiger partial charge < -0.3 is 0 Å². The summed E-state index contributed by atoms with van der Waals surface area (Å²) in [7, 11) is -6.51. The number of hydrogen-bond donors (Lipinski definition) is 1. The highest BCUT2D eigenvalue weighted by Crippen LogP contribution is 2.22. The molecule has 0 spiro atoms. The molecule has 118 valence electrons. The van der Waals surface area contributed by atoms with Crippen molar-refractivity contribution in [3.05, 3.63) is 30.1 Å².